The van der Waals surface area contributed by atoms with Crippen LogP contribution in [0.3, 0.4) is 0 Å². The Labute approximate surface area is 173 Å². The molecule has 0 bridgehead atoms. The fourth-order valence-electron chi connectivity index (χ4n) is 2.77. The molecule has 0 saturated heterocycles. The van der Waals surface area contributed by atoms with E-state index in [0.717, 1.165) is 21.0 Å². The molecule has 0 radical (unpaired) electrons. The van der Waals surface area contributed by atoms with Gasteiger partial charge in [0.15, 0.2) is 0 Å². The molecule has 3 aromatic carbocycles. The third-order valence-electron chi connectivity index (χ3n) is 4.20. The third kappa shape index (κ3) is 5.12. The molecule has 0 aliphatic carbocycles. The molecule has 4 rings (SSSR count). The number of nitrogens with one attached hydrogen (secondary N) is 1. The highest BCUT2D eigenvalue weighted by atomic mass is 32.2. The second-order valence-corrected chi connectivity index (χ2v) is 7.45. The highest BCUT2D eigenvalue weighted by Gasteiger charge is 2.12. The first-order valence-corrected chi connectivity index (χ1v) is 10.1. The van der Waals surface area contributed by atoms with Gasteiger partial charge in [-0.15, -0.1) is 0 Å². The average molecular weight is 401 g/mol. The van der Waals surface area contributed by atoms with E-state index < -0.39 is 0 Å². The molecule has 1 aromatic heterocycles. The summed E-state index contributed by atoms with van der Waals surface area (Å²) in [6.07, 6.45) is 0.653. The van der Waals surface area contributed by atoms with Gasteiger partial charge in [-0.3, -0.25) is 4.79 Å². The number of benzene rings is 3. The van der Waals surface area contributed by atoms with E-state index in [9.17, 15) is 4.79 Å². The van der Waals surface area contributed by atoms with Crippen LogP contribution in [-0.2, 0) is 11.2 Å². The number of rotatable bonds is 7. The van der Waals surface area contributed by atoms with Crippen molar-refractivity contribution < 1.29 is 9.32 Å². The van der Waals surface area contributed by atoms with Crippen LogP contribution in [0.5, 0.6) is 0 Å². The number of carbonyl (C=O) groups excluding carboxylic acids is 1. The van der Waals surface area contributed by atoms with Crippen LogP contribution in [0.2, 0.25) is 0 Å². The van der Waals surface area contributed by atoms with E-state index in [4.69, 9.17) is 4.52 Å². The summed E-state index contributed by atoms with van der Waals surface area (Å²) in [4.78, 5) is 18.9. The molecule has 4 aromatic rings. The molecule has 0 aliphatic rings. The topological polar surface area (TPSA) is 68.0 Å². The minimum atomic E-state index is -0.0921. The van der Waals surface area contributed by atoms with E-state index in [0.29, 0.717) is 18.1 Å². The Morgan fingerprint density at radius 2 is 1.59 bits per heavy atom. The lowest BCUT2D eigenvalue weighted by atomic mass is 10.2. The number of amides is 1. The standard InChI is InChI=1S/C23H19N3O2S/c27-21(15-16-22-25-23(26-28-22)17-9-3-1-4-10-17)24-19-13-7-8-14-20(19)29-18-11-5-2-6-12-18/h1-14H,15-16H2,(H,24,27). The van der Waals surface area contributed by atoms with Crippen LogP contribution < -0.4 is 5.32 Å². The van der Waals surface area contributed by atoms with Crippen LogP contribution in [0, 0.1) is 0 Å². The maximum Gasteiger partial charge on any atom is 0.227 e. The van der Waals surface area contributed by atoms with Crippen molar-refractivity contribution >= 4 is 23.4 Å². The Bertz CT molecular complexity index is 1080. The second-order valence-electron chi connectivity index (χ2n) is 6.34. The summed E-state index contributed by atoms with van der Waals surface area (Å²) in [6, 6.07) is 27.5. The molecular weight excluding hydrogens is 382 g/mol. The molecule has 6 heteroatoms. The minimum Gasteiger partial charge on any atom is -0.339 e. The van der Waals surface area contributed by atoms with Gasteiger partial charge in [-0.2, -0.15) is 4.98 Å². The van der Waals surface area contributed by atoms with Gasteiger partial charge in [0.05, 0.1) is 5.69 Å². The molecule has 1 N–H and O–H groups in total. The zero-order valence-corrected chi connectivity index (χ0v) is 16.4. The fraction of sp³-hybridized carbons (Fsp3) is 0.0870. The molecule has 0 unspecified atom stereocenters. The largest absolute Gasteiger partial charge is 0.339 e. The maximum atomic E-state index is 12.5. The van der Waals surface area contributed by atoms with Crippen LogP contribution >= 0.6 is 11.8 Å². The Kier molecular flexibility index (Phi) is 6.02. The van der Waals surface area contributed by atoms with E-state index in [1.807, 2.05) is 84.9 Å². The number of carbonyl (C=O) groups is 1. The first-order valence-electron chi connectivity index (χ1n) is 9.28. The summed E-state index contributed by atoms with van der Waals surface area (Å²) < 4.78 is 5.28. The summed E-state index contributed by atoms with van der Waals surface area (Å²) in [6.45, 7) is 0. The number of aryl methyl sites for hydroxylation is 1. The summed E-state index contributed by atoms with van der Waals surface area (Å²) in [5.41, 5.74) is 1.68. The van der Waals surface area contributed by atoms with Gasteiger partial charge < -0.3 is 9.84 Å². The van der Waals surface area contributed by atoms with Crippen molar-refractivity contribution in [3.63, 3.8) is 0 Å². The lowest BCUT2D eigenvalue weighted by Crippen LogP contribution is -2.13. The van der Waals surface area contributed by atoms with Gasteiger partial charge in [-0.1, -0.05) is 77.6 Å². The number of anilines is 1. The second kappa shape index (κ2) is 9.21. The van der Waals surface area contributed by atoms with Crippen molar-refractivity contribution in [2.45, 2.75) is 22.6 Å². The Morgan fingerprint density at radius 3 is 2.38 bits per heavy atom. The SMILES string of the molecule is O=C(CCc1nc(-c2ccccc2)no1)Nc1ccccc1Sc1ccccc1. The van der Waals surface area contributed by atoms with Gasteiger partial charge in [0.1, 0.15) is 0 Å². The zero-order valence-electron chi connectivity index (χ0n) is 15.6. The number of aromatic nitrogens is 2. The van der Waals surface area contributed by atoms with Crippen LogP contribution in [0.1, 0.15) is 12.3 Å². The van der Waals surface area contributed by atoms with E-state index >= 15 is 0 Å². The highest BCUT2D eigenvalue weighted by Crippen LogP contribution is 2.33. The van der Waals surface area contributed by atoms with E-state index in [2.05, 4.69) is 15.5 Å². The molecule has 0 spiro atoms. The minimum absolute atomic E-state index is 0.0921. The smallest absolute Gasteiger partial charge is 0.227 e. The first kappa shape index (κ1) is 19.0. The van der Waals surface area contributed by atoms with Crippen molar-refractivity contribution in [1.82, 2.24) is 10.1 Å². The lowest BCUT2D eigenvalue weighted by molar-refractivity contribution is -0.116. The normalized spacial score (nSPS) is 10.6. The summed E-state index contributed by atoms with van der Waals surface area (Å²) >= 11 is 1.62. The maximum absolute atomic E-state index is 12.5. The van der Waals surface area contributed by atoms with Crippen molar-refractivity contribution in [3.05, 3.63) is 90.8 Å². The van der Waals surface area contributed by atoms with Gasteiger partial charge in [0, 0.05) is 28.2 Å². The Morgan fingerprint density at radius 1 is 0.897 bits per heavy atom. The molecule has 1 amide bonds. The molecule has 0 fully saturated rings. The van der Waals surface area contributed by atoms with Crippen molar-refractivity contribution in [1.29, 1.82) is 0 Å². The Balaban J connectivity index is 1.36. The number of hydrogen-bond acceptors (Lipinski definition) is 5. The van der Waals surface area contributed by atoms with Gasteiger partial charge in [-0.25, -0.2) is 0 Å². The Hall–Kier alpha value is -3.38. The molecule has 0 atom stereocenters. The van der Waals surface area contributed by atoms with Crippen molar-refractivity contribution in [2.75, 3.05) is 5.32 Å². The monoisotopic (exact) mass is 401 g/mol. The van der Waals surface area contributed by atoms with E-state index in [1.54, 1.807) is 11.8 Å². The fourth-order valence-corrected chi connectivity index (χ4v) is 3.69. The highest BCUT2D eigenvalue weighted by molar-refractivity contribution is 7.99. The van der Waals surface area contributed by atoms with Crippen LogP contribution in [0.25, 0.3) is 11.4 Å². The molecule has 144 valence electrons. The van der Waals surface area contributed by atoms with Gasteiger partial charge in [0.2, 0.25) is 17.6 Å². The molecule has 1 heterocycles. The van der Waals surface area contributed by atoms with Gasteiger partial charge >= 0.3 is 0 Å². The number of nitrogens with zero attached hydrogens (tertiary/aromatic N) is 2. The van der Waals surface area contributed by atoms with Crippen molar-refractivity contribution in [3.8, 4) is 11.4 Å². The molecular formula is C23H19N3O2S. The lowest BCUT2D eigenvalue weighted by Gasteiger charge is -2.10. The molecule has 0 aliphatic heterocycles. The quantitative estimate of drug-likeness (QED) is 0.445. The van der Waals surface area contributed by atoms with Crippen LogP contribution in [-0.4, -0.2) is 16.0 Å². The van der Waals surface area contributed by atoms with E-state index in [1.165, 1.54) is 0 Å². The molecule has 29 heavy (non-hydrogen) atoms. The van der Waals surface area contributed by atoms with Crippen LogP contribution in [0.15, 0.2) is 99.2 Å². The summed E-state index contributed by atoms with van der Waals surface area (Å²) in [5, 5.41) is 6.98. The average Bonchev–Trinajstić information content (AvgIpc) is 3.24. The van der Waals surface area contributed by atoms with Gasteiger partial charge in [0.25, 0.3) is 0 Å². The zero-order chi connectivity index (χ0) is 19.9. The van der Waals surface area contributed by atoms with Crippen LogP contribution in [0.4, 0.5) is 5.69 Å². The van der Waals surface area contributed by atoms with Gasteiger partial charge in [-0.05, 0) is 24.3 Å². The summed E-state index contributed by atoms with van der Waals surface area (Å²) in [5.74, 6) is 0.891. The molecule has 5 nitrogen and oxygen atoms in total. The molecule has 0 saturated carbocycles. The summed E-state index contributed by atoms with van der Waals surface area (Å²) in [7, 11) is 0. The van der Waals surface area contributed by atoms with Crippen molar-refractivity contribution in [2.24, 2.45) is 0 Å². The first-order chi connectivity index (χ1) is 14.3. The predicted octanol–water partition coefficient (Wildman–Crippen LogP) is 5.46. The predicted molar refractivity (Wildman–Crippen MR) is 114 cm³/mol. The van der Waals surface area contributed by atoms with E-state index in [-0.39, 0.29) is 12.3 Å². The third-order valence-corrected chi connectivity index (χ3v) is 5.28. The number of hydrogen-bond donors (Lipinski definition) is 1. The number of para-hydroxylation sites is 1.